The number of sulfonamides is 1. The average Bonchev–Trinajstić information content (AvgIpc) is 3.21. The fourth-order valence-electron chi connectivity index (χ4n) is 3.25. The molecule has 27 heavy (non-hydrogen) atoms. The van der Waals surface area contributed by atoms with Crippen LogP contribution in [-0.4, -0.2) is 27.1 Å². The number of nitrogens with two attached hydrogens (primary N) is 1. The highest BCUT2D eigenvalue weighted by Gasteiger charge is 2.31. The summed E-state index contributed by atoms with van der Waals surface area (Å²) in [5, 5.41) is 0.848. The molecule has 0 radical (unpaired) electrons. The summed E-state index contributed by atoms with van der Waals surface area (Å²) in [6.07, 6.45) is 2.09. The molecule has 0 aromatic heterocycles. The fraction of sp³-hybridized carbons (Fsp3) is 0.235. The summed E-state index contributed by atoms with van der Waals surface area (Å²) in [5.74, 6) is -0.958. The van der Waals surface area contributed by atoms with Crippen LogP contribution in [0.3, 0.4) is 0 Å². The lowest BCUT2D eigenvalue weighted by molar-refractivity contribution is 0.375. The molecule has 7 nitrogen and oxygen atoms in total. The SMILES string of the molecule is NC1(c2cc(Cl)c(-c3ccc(N4CCCS4(=O)=O)cc3)c(Cl)c2)N=CNN1. The Morgan fingerprint density at radius 1 is 1.15 bits per heavy atom. The van der Waals surface area contributed by atoms with Crippen molar-refractivity contribution in [2.24, 2.45) is 10.7 Å². The van der Waals surface area contributed by atoms with Gasteiger partial charge in [0.1, 0.15) is 6.34 Å². The first-order chi connectivity index (χ1) is 12.8. The predicted molar refractivity (Wildman–Crippen MR) is 108 cm³/mol. The van der Waals surface area contributed by atoms with Crippen molar-refractivity contribution >= 4 is 45.3 Å². The summed E-state index contributed by atoms with van der Waals surface area (Å²) < 4.78 is 25.6. The number of rotatable bonds is 3. The van der Waals surface area contributed by atoms with Gasteiger partial charge in [0.05, 0.1) is 21.5 Å². The number of benzene rings is 2. The van der Waals surface area contributed by atoms with Gasteiger partial charge in [-0.15, -0.1) is 0 Å². The van der Waals surface area contributed by atoms with Crippen LogP contribution in [0.1, 0.15) is 12.0 Å². The summed E-state index contributed by atoms with van der Waals surface area (Å²) in [7, 11) is -3.21. The largest absolute Gasteiger partial charge is 0.309 e. The summed E-state index contributed by atoms with van der Waals surface area (Å²) in [5.41, 5.74) is 14.4. The second kappa shape index (κ2) is 6.65. The molecule has 1 fully saturated rings. The molecular weight excluding hydrogens is 409 g/mol. The Hall–Kier alpha value is -1.84. The number of halogens is 2. The van der Waals surface area contributed by atoms with Crippen LogP contribution in [0.2, 0.25) is 10.0 Å². The molecule has 2 aliphatic rings. The highest BCUT2D eigenvalue weighted by atomic mass is 35.5. The molecule has 4 rings (SSSR count). The third-order valence-corrected chi connectivity index (χ3v) is 7.09. The maximum atomic E-state index is 12.1. The van der Waals surface area contributed by atoms with E-state index in [2.05, 4.69) is 15.8 Å². The Morgan fingerprint density at radius 3 is 2.33 bits per heavy atom. The molecular formula is C17H17Cl2N5O2S. The van der Waals surface area contributed by atoms with Gasteiger partial charge in [-0.3, -0.25) is 10.0 Å². The van der Waals surface area contributed by atoms with Gasteiger partial charge in [-0.25, -0.2) is 13.4 Å². The Balaban J connectivity index is 1.69. The Kier molecular flexibility index (Phi) is 4.56. The smallest absolute Gasteiger partial charge is 0.235 e. The number of hydrazine groups is 1. The zero-order valence-corrected chi connectivity index (χ0v) is 16.4. The third-order valence-electron chi connectivity index (χ3n) is 4.62. The molecule has 1 atom stereocenters. The number of hydrogen-bond donors (Lipinski definition) is 3. The van der Waals surface area contributed by atoms with Crippen LogP contribution in [0.25, 0.3) is 11.1 Å². The highest BCUT2D eigenvalue weighted by molar-refractivity contribution is 7.93. The number of aliphatic imine (C=N–C) groups is 1. The van der Waals surface area contributed by atoms with E-state index < -0.39 is 15.8 Å². The third kappa shape index (κ3) is 3.28. The molecule has 0 spiro atoms. The second-order valence-corrected chi connectivity index (χ2v) is 9.22. The van der Waals surface area contributed by atoms with E-state index in [9.17, 15) is 8.42 Å². The van der Waals surface area contributed by atoms with E-state index >= 15 is 0 Å². The van der Waals surface area contributed by atoms with E-state index in [0.29, 0.717) is 39.8 Å². The number of nitrogens with one attached hydrogen (secondary N) is 2. The summed E-state index contributed by atoms with van der Waals surface area (Å²) in [6.45, 7) is 0.498. The molecule has 2 aromatic carbocycles. The van der Waals surface area contributed by atoms with Crippen molar-refractivity contribution in [2.75, 3.05) is 16.6 Å². The van der Waals surface area contributed by atoms with Crippen molar-refractivity contribution in [3.8, 4) is 11.1 Å². The van der Waals surface area contributed by atoms with Gasteiger partial charge in [-0.2, -0.15) is 5.43 Å². The van der Waals surface area contributed by atoms with E-state index in [0.717, 1.165) is 5.56 Å². The van der Waals surface area contributed by atoms with Crippen molar-refractivity contribution in [1.29, 1.82) is 0 Å². The van der Waals surface area contributed by atoms with Crippen LogP contribution in [0.15, 0.2) is 41.4 Å². The Bertz CT molecular complexity index is 1000. The highest BCUT2D eigenvalue weighted by Crippen LogP contribution is 2.39. The van der Waals surface area contributed by atoms with Crippen LogP contribution in [-0.2, 0) is 15.8 Å². The lowest BCUT2D eigenvalue weighted by atomic mass is 10.0. The van der Waals surface area contributed by atoms with Gasteiger partial charge in [0.15, 0.2) is 0 Å². The van der Waals surface area contributed by atoms with E-state index in [1.54, 1.807) is 24.3 Å². The standard InChI is InChI=1S/C17H17Cl2N5O2S/c18-14-8-12(17(20)21-10-22-23-17)9-15(19)16(14)11-2-4-13(5-3-11)24-6-1-7-27(24,25)26/h2-5,8-10,23H,1,6-7,20H2,(H,21,22). The summed E-state index contributed by atoms with van der Waals surface area (Å²) in [4.78, 5) is 4.14. The molecule has 0 amide bonds. The summed E-state index contributed by atoms with van der Waals surface area (Å²) >= 11 is 13.0. The van der Waals surface area contributed by atoms with Crippen molar-refractivity contribution in [3.05, 3.63) is 52.0 Å². The fourth-order valence-corrected chi connectivity index (χ4v) is 5.52. The van der Waals surface area contributed by atoms with Gasteiger partial charge in [-0.1, -0.05) is 35.3 Å². The maximum Gasteiger partial charge on any atom is 0.235 e. The molecule has 0 saturated carbocycles. The second-order valence-electron chi connectivity index (χ2n) is 6.40. The molecule has 2 aromatic rings. The minimum absolute atomic E-state index is 0.181. The average molecular weight is 426 g/mol. The van der Waals surface area contributed by atoms with E-state index in [1.807, 2.05) is 12.1 Å². The molecule has 10 heteroatoms. The van der Waals surface area contributed by atoms with Crippen LogP contribution >= 0.6 is 23.2 Å². The normalized spacial score (nSPS) is 23.6. The summed E-state index contributed by atoms with van der Waals surface area (Å²) in [6, 6.07) is 10.5. The van der Waals surface area contributed by atoms with Crippen molar-refractivity contribution in [1.82, 2.24) is 10.9 Å². The van der Waals surface area contributed by atoms with Gasteiger partial charge in [-0.05, 0) is 36.2 Å². The van der Waals surface area contributed by atoms with Gasteiger partial charge in [0, 0.05) is 17.7 Å². The molecule has 4 N–H and O–H groups in total. The first-order valence-electron chi connectivity index (χ1n) is 8.26. The number of nitrogens with zero attached hydrogens (tertiary/aromatic N) is 2. The molecule has 0 bridgehead atoms. The quantitative estimate of drug-likeness (QED) is 0.700. The predicted octanol–water partition coefficient (Wildman–Crippen LogP) is 2.41. The van der Waals surface area contributed by atoms with Crippen molar-refractivity contribution < 1.29 is 8.42 Å². The van der Waals surface area contributed by atoms with Gasteiger partial charge in [0.2, 0.25) is 15.8 Å². The molecule has 142 valence electrons. The first-order valence-corrected chi connectivity index (χ1v) is 10.6. The topological polar surface area (TPSA) is 99.8 Å². The van der Waals surface area contributed by atoms with Crippen LogP contribution in [0.4, 0.5) is 5.69 Å². The maximum absolute atomic E-state index is 12.1. The number of hydrogen-bond acceptors (Lipinski definition) is 6. The first kappa shape index (κ1) is 18.5. The molecule has 1 saturated heterocycles. The van der Waals surface area contributed by atoms with E-state index in [4.69, 9.17) is 28.9 Å². The minimum Gasteiger partial charge on any atom is -0.309 e. The Labute approximate surface area is 167 Å². The zero-order valence-electron chi connectivity index (χ0n) is 14.1. The van der Waals surface area contributed by atoms with Gasteiger partial charge >= 0.3 is 0 Å². The monoisotopic (exact) mass is 425 g/mol. The van der Waals surface area contributed by atoms with Crippen LogP contribution < -0.4 is 20.9 Å². The van der Waals surface area contributed by atoms with Gasteiger partial charge in [0.25, 0.3) is 0 Å². The Morgan fingerprint density at radius 2 is 1.81 bits per heavy atom. The van der Waals surface area contributed by atoms with Crippen molar-refractivity contribution in [3.63, 3.8) is 0 Å². The molecule has 2 aliphatic heterocycles. The lowest BCUT2D eigenvalue weighted by Gasteiger charge is -2.22. The zero-order chi connectivity index (χ0) is 19.2. The van der Waals surface area contributed by atoms with Gasteiger partial charge < -0.3 is 5.43 Å². The number of anilines is 1. The van der Waals surface area contributed by atoms with E-state index in [1.165, 1.54) is 10.6 Å². The molecule has 0 aliphatic carbocycles. The lowest BCUT2D eigenvalue weighted by Crippen LogP contribution is -2.49. The van der Waals surface area contributed by atoms with Crippen molar-refractivity contribution in [2.45, 2.75) is 12.2 Å². The van der Waals surface area contributed by atoms with Crippen LogP contribution in [0.5, 0.6) is 0 Å². The van der Waals surface area contributed by atoms with Crippen LogP contribution in [0, 0.1) is 0 Å². The molecule has 1 unspecified atom stereocenters. The minimum atomic E-state index is -3.21. The molecule has 2 heterocycles. The van der Waals surface area contributed by atoms with E-state index in [-0.39, 0.29) is 5.75 Å².